The first-order valence-electron chi connectivity index (χ1n) is 6.45. The molecule has 20 heavy (non-hydrogen) atoms. The molecule has 1 aromatic heterocycles. The summed E-state index contributed by atoms with van der Waals surface area (Å²) in [6.07, 6.45) is 0. The lowest BCUT2D eigenvalue weighted by molar-refractivity contribution is 0.101. The first kappa shape index (κ1) is 13.9. The molecule has 0 unspecified atom stereocenters. The second kappa shape index (κ2) is 6.05. The number of carbonyl (C=O) groups excluding carboxylic acids is 1. The molecule has 106 valence electrons. The summed E-state index contributed by atoms with van der Waals surface area (Å²) in [6.45, 7) is 6.04. The van der Waals surface area contributed by atoms with Crippen LogP contribution in [0.1, 0.15) is 24.5 Å². The van der Waals surface area contributed by atoms with Crippen molar-refractivity contribution in [1.82, 2.24) is 15.2 Å². The van der Waals surface area contributed by atoms with Crippen molar-refractivity contribution in [3.05, 3.63) is 40.6 Å². The van der Waals surface area contributed by atoms with Crippen molar-refractivity contribution < 1.29 is 4.79 Å². The number of aromatic nitrogens is 3. The van der Waals surface area contributed by atoms with Gasteiger partial charge >= 0.3 is 5.69 Å². The van der Waals surface area contributed by atoms with Gasteiger partial charge in [0.2, 0.25) is 5.82 Å². The van der Waals surface area contributed by atoms with E-state index in [2.05, 4.69) is 39.2 Å². The van der Waals surface area contributed by atoms with Crippen LogP contribution in [0.25, 0.3) is 0 Å². The molecule has 1 amide bonds. The Hall–Kier alpha value is -2.57. The number of nitrogens with zero attached hydrogens (tertiary/aromatic N) is 2. The van der Waals surface area contributed by atoms with Crippen molar-refractivity contribution in [2.75, 3.05) is 23.3 Å². The fourth-order valence-corrected chi connectivity index (χ4v) is 1.91. The first-order valence-corrected chi connectivity index (χ1v) is 6.45. The number of amides is 1. The van der Waals surface area contributed by atoms with Crippen LogP contribution < -0.4 is 15.9 Å². The monoisotopic (exact) mass is 275 g/mol. The van der Waals surface area contributed by atoms with Crippen LogP contribution in [-0.4, -0.2) is 34.2 Å². The number of rotatable bonds is 5. The smallest absolute Gasteiger partial charge is 0.341 e. The maximum atomic E-state index is 11.8. The number of carbonyl (C=O) groups is 1. The van der Waals surface area contributed by atoms with Crippen LogP contribution in [0.5, 0.6) is 0 Å². The van der Waals surface area contributed by atoms with E-state index in [1.165, 1.54) is 0 Å². The predicted octanol–water partition coefficient (Wildman–Crippen LogP) is 1.20. The average molecular weight is 275 g/mol. The average Bonchev–Trinajstić information content (AvgIpc) is 2.89. The fourth-order valence-electron chi connectivity index (χ4n) is 1.91. The summed E-state index contributed by atoms with van der Waals surface area (Å²) >= 11 is 0. The number of H-pyrrole nitrogens is 2. The van der Waals surface area contributed by atoms with Crippen molar-refractivity contribution in [3.8, 4) is 0 Å². The zero-order chi connectivity index (χ0) is 14.5. The molecule has 1 aromatic carbocycles. The molecule has 0 saturated heterocycles. The van der Waals surface area contributed by atoms with E-state index in [9.17, 15) is 9.59 Å². The molecule has 0 spiro atoms. The van der Waals surface area contributed by atoms with Gasteiger partial charge < -0.3 is 10.2 Å². The topological polar surface area (TPSA) is 93.9 Å². The maximum Gasteiger partial charge on any atom is 0.341 e. The molecule has 7 heteroatoms. The molecule has 0 aliphatic rings. The molecule has 0 aliphatic carbocycles. The molecular weight excluding hydrogens is 258 g/mol. The van der Waals surface area contributed by atoms with Gasteiger partial charge in [-0.3, -0.25) is 9.78 Å². The quantitative estimate of drug-likeness (QED) is 0.764. The number of benzene rings is 1. The van der Waals surface area contributed by atoms with E-state index in [4.69, 9.17) is 0 Å². The first-order chi connectivity index (χ1) is 9.63. The number of hydrogen-bond donors (Lipinski definition) is 3. The van der Waals surface area contributed by atoms with Crippen LogP contribution >= 0.6 is 0 Å². The standard InChI is InChI=1S/C13H17N5O2/c1-3-18(4-2)10-7-5-9(6-8-10)14-12(19)11-15-13(20)17-16-11/h5-8H,3-4H2,1-2H3,(H,14,19)(H2,15,16,17,20). The molecule has 1 heterocycles. The largest absolute Gasteiger partial charge is 0.372 e. The molecule has 0 atom stereocenters. The lowest BCUT2D eigenvalue weighted by Gasteiger charge is -2.21. The van der Waals surface area contributed by atoms with Crippen molar-refractivity contribution >= 4 is 17.3 Å². The Bertz CT molecular complexity index is 625. The van der Waals surface area contributed by atoms with Crippen LogP contribution in [-0.2, 0) is 0 Å². The van der Waals surface area contributed by atoms with Gasteiger partial charge in [0.1, 0.15) is 0 Å². The Kier molecular flexibility index (Phi) is 4.19. The zero-order valence-electron chi connectivity index (χ0n) is 11.4. The Morgan fingerprint density at radius 2 is 1.90 bits per heavy atom. The number of hydrogen-bond acceptors (Lipinski definition) is 4. The maximum absolute atomic E-state index is 11.8. The minimum absolute atomic E-state index is 0.0391. The van der Waals surface area contributed by atoms with Crippen molar-refractivity contribution in [3.63, 3.8) is 0 Å². The van der Waals surface area contributed by atoms with E-state index < -0.39 is 11.6 Å². The molecule has 2 aromatic rings. The van der Waals surface area contributed by atoms with Gasteiger partial charge in [-0.1, -0.05) is 0 Å². The van der Waals surface area contributed by atoms with Crippen molar-refractivity contribution in [2.24, 2.45) is 0 Å². The third-order valence-corrected chi connectivity index (χ3v) is 2.97. The highest BCUT2D eigenvalue weighted by atomic mass is 16.2. The van der Waals surface area contributed by atoms with Crippen LogP contribution in [0, 0.1) is 0 Å². The number of anilines is 2. The summed E-state index contributed by atoms with van der Waals surface area (Å²) in [4.78, 5) is 27.2. The number of aromatic amines is 2. The fraction of sp³-hybridized carbons (Fsp3) is 0.308. The summed E-state index contributed by atoms with van der Waals surface area (Å²) in [7, 11) is 0. The summed E-state index contributed by atoms with van der Waals surface area (Å²) < 4.78 is 0. The summed E-state index contributed by atoms with van der Waals surface area (Å²) in [6, 6.07) is 7.51. The van der Waals surface area contributed by atoms with E-state index in [0.29, 0.717) is 5.69 Å². The summed E-state index contributed by atoms with van der Waals surface area (Å²) in [5, 5.41) is 8.38. The molecule has 0 radical (unpaired) electrons. The molecular formula is C13H17N5O2. The summed E-state index contributed by atoms with van der Waals surface area (Å²) in [5.41, 5.74) is 1.24. The highest BCUT2D eigenvalue weighted by Gasteiger charge is 2.10. The normalized spacial score (nSPS) is 10.3. The molecule has 0 fully saturated rings. The third kappa shape index (κ3) is 3.05. The van der Waals surface area contributed by atoms with Crippen molar-refractivity contribution in [1.29, 1.82) is 0 Å². The highest BCUT2D eigenvalue weighted by molar-refractivity contribution is 6.01. The van der Waals surface area contributed by atoms with E-state index in [1.54, 1.807) is 0 Å². The molecule has 2 rings (SSSR count). The highest BCUT2D eigenvalue weighted by Crippen LogP contribution is 2.17. The van der Waals surface area contributed by atoms with Crippen LogP contribution in [0.3, 0.4) is 0 Å². The summed E-state index contributed by atoms with van der Waals surface area (Å²) in [5.74, 6) is -0.498. The van der Waals surface area contributed by atoms with Gasteiger partial charge in [-0.15, -0.1) is 5.10 Å². The van der Waals surface area contributed by atoms with E-state index in [1.807, 2.05) is 24.3 Å². The van der Waals surface area contributed by atoms with Gasteiger partial charge in [0.25, 0.3) is 5.91 Å². The van der Waals surface area contributed by atoms with Gasteiger partial charge in [0.15, 0.2) is 0 Å². The molecule has 0 aliphatic heterocycles. The Balaban J connectivity index is 2.07. The molecule has 7 nitrogen and oxygen atoms in total. The van der Waals surface area contributed by atoms with Gasteiger partial charge in [-0.2, -0.15) is 0 Å². The number of nitrogens with one attached hydrogen (secondary N) is 3. The van der Waals surface area contributed by atoms with Crippen molar-refractivity contribution in [2.45, 2.75) is 13.8 Å². The molecule has 0 saturated carbocycles. The van der Waals surface area contributed by atoms with Gasteiger partial charge in [0, 0.05) is 24.5 Å². The van der Waals surface area contributed by atoms with Gasteiger partial charge in [-0.05, 0) is 38.1 Å². The second-order valence-corrected chi connectivity index (χ2v) is 4.20. The Morgan fingerprint density at radius 1 is 1.25 bits per heavy atom. The SMILES string of the molecule is CCN(CC)c1ccc(NC(=O)c2n[nH]c(=O)[nH]2)cc1. The van der Waals surface area contributed by atoms with E-state index in [0.717, 1.165) is 18.8 Å². The molecule has 3 N–H and O–H groups in total. The minimum Gasteiger partial charge on any atom is -0.372 e. The lowest BCUT2D eigenvalue weighted by Crippen LogP contribution is -2.21. The Morgan fingerprint density at radius 3 is 2.40 bits per heavy atom. The van der Waals surface area contributed by atoms with E-state index in [-0.39, 0.29) is 5.82 Å². The predicted molar refractivity (Wildman–Crippen MR) is 77.2 cm³/mol. The van der Waals surface area contributed by atoms with Gasteiger partial charge in [-0.25, -0.2) is 9.89 Å². The third-order valence-electron chi connectivity index (χ3n) is 2.97. The lowest BCUT2D eigenvalue weighted by atomic mass is 10.2. The van der Waals surface area contributed by atoms with Gasteiger partial charge in [0.05, 0.1) is 0 Å². The van der Waals surface area contributed by atoms with Crippen LogP contribution in [0.15, 0.2) is 29.1 Å². The Labute approximate surface area is 116 Å². The van der Waals surface area contributed by atoms with Crippen LogP contribution in [0.4, 0.5) is 11.4 Å². The zero-order valence-corrected chi connectivity index (χ0v) is 11.4. The minimum atomic E-state index is -0.507. The van der Waals surface area contributed by atoms with E-state index >= 15 is 0 Å². The van der Waals surface area contributed by atoms with Crippen LogP contribution in [0.2, 0.25) is 0 Å². The molecule has 0 bridgehead atoms. The second-order valence-electron chi connectivity index (χ2n) is 4.20.